The molecule has 18 heavy (non-hydrogen) atoms. The summed E-state index contributed by atoms with van der Waals surface area (Å²) in [5.41, 5.74) is 7.95. The predicted octanol–water partition coefficient (Wildman–Crippen LogP) is 3.30. The van der Waals surface area contributed by atoms with Crippen molar-refractivity contribution in [3.8, 4) is 0 Å². The monoisotopic (exact) mass is 244 g/mol. The summed E-state index contributed by atoms with van der Waals surface area (Å²) in [6.07, 6.45) is 10.9. The van der Waals surface area contributed by atoms with Crippen LogP contribution in [-0.2, 0) is 0 Å². The molecule has 0 amide bonds. The maximum Gasteiger partial charge on any atom is 0.202 e. The van der Waals surface area contributed by atoms with Gasteiger partial charge in [0.25, 0.3) is 0 Å². The summed E-state index contributed by atoms with van der Waals surface area (Å²) in [5.74, 6) is 0.620. The minimum absolute atomic E-state index is 0.477. The smallest absolute Gasteiger partial charge is 0.202 e. The van der Waals surface area contributed by atoms with Gasteiger partial charge in [0, 0.05) is 12.2 Å². The number of nitrogen functional groups attached to an aromatic ring is 1. The Hall–Kier alpha value is -1.58. The number of hydrogen-bond donors (Lipinski definition) is 1. The summed E-state index contributed by atoms with van der Waals surface area (Å²) in [7, 11) is 0. The number of anilines is 1. The van der Waals surface area contributed by atoms with Crippen molar-refractivity contribution in [2.75, 3.05) is 5.73 Å². The average molecular weight is 244 g/mol. The van der Waals surface area contributed by atoms with Gasteiger partial charge >= 0.3 is 0 Å². The highest BCUT2D eigenvalue weighted by molar-refractivity contribution is 5.73. The van der Waals surface area contributed by atoms with E-state index in [0.29, 0.717) is 12.0 Å². The summed E-state index contributed by atoms with van der Waals surface area (Å²) >= 11 is 0. The molecule has 1 aliphatic rings. The quantitative estimate of drug-likeness (QED) is 0.837. The number of fused-ring (bicyclic) bond motifs is 1. The van der Waals surface area contributed by atoms with Gasteiger partial charge in [-0.3, -0.25) is 4.57 Å². The molecule has 4 heteroatoms. The fourth-order valence-electron chi connectivity index (χ4n) is 3.00. The van der Waals surface area contributed by atoms with Crippen LogP contribution in [-0.4, -0.2) is 14.5 Å². The number of aromatic nitrogens is 3. The van der Waals surface area contributed by atoms with E-state index in [1.807, 2.05) is 18.3 Å². The first kappa shape index (κ1) is 11.5. The Morgan fingerprint density at radius 1 is 1.11 bits per heavy atom. The van der Waals surface area contributed by atoms with E-state index in [1.54, 1.807) is 0 Å². The van der Waals surface area contributed by atoms with Gasteiger partial charge in [0.15, 0.2) is 5.65 Å². The highest BCUT2D eigenvalue weighted by Crippen LogP contribution is 2.30. The average Bonchev–Trinajstić information content (AvgIpc) is 2.65. The second-order valence-electron chi connectivity index (χ2n) is 5.19. The van der Waals surface area contributed by atoms with Gasteiger partial charge < -0.3 is 5.73 Å². The molecule has 4 nitrogen and oxygen atoms in total. The Kier molecular flexibility index (Phi) is 3.17. The Morgan fingerprint density at radius 2 is 1.83 bits per heavy atom. The molecule has 0 bridgehead atoms. The molecule has 2 heterocycles. The van der Waals surface area contributed by atoms with Crippen molar-refractivity contribution in [2.24, 2.45) is 0 Å². The molecule has 1 aliphatic carbocycles. The largest absolute Gasteiger partial charge is 0.369 e. The van der Waals surface area contributed by atoms with E-state index in [4.69, 9.17) is 5.73 Å². The van der Waals surface area contributed by atoms with Gasteiger partial charge in [0.05, 0.1) is 0 Å². The third kappa shape index (κ3) is 2.07. The van der Waals surface area contributed by atoms with Crippen molar-refractivity contribution in [3.63, 3.8) is 0 Å². The van der Waals surface area contributed by atoms with E-state index in [9.17, 15) is 0 Å². The fourth-order valence-corrected chi connectivity index (χ4v) is 3.00. The molecule has 0 spiro atoms. The van der Waals surface area contributed by atoms with Crippen LogP contribution >= 0.6 is 0 Å². The van der Waals surface area contributed by atoms with Crippen LogP contribution in [0.5, 0.6) is 0 Å². The van der Waals surface area contributed by atoms with Gasteiger partial charge in [-0.15, -0.1) is 0 Å². The van der Waals surface area contributed by atoms with Gasteiger partial charge in [0.2, 0.25) is 5.95 Å². The lowest BCUT2D eigenvalue weighted by atomic mass is 9.96. The topological polar surface area (TPSA) is 56.7 Å². The maximum atomic E-state index is 6.09. The van der Waals surface area contributed by atoms with Crippen LogP contribution in [0, 0.1) is 0 Å². The molecule has 96 valence electrons. The summed E-state index contributed by atoms with van der Waals surface area (Å²) in [5, 5.41) is 0. The highest BCUT2D eigenvalue weighted by Gasteiger charge is 2.19. The molecule has 0 atom stereocenters. The van der Waals surface area contributed by atoms with E-state index in [1.165, 1.54) is 44.9 Å². The first-order valence-corrected chi connectivity index (χ1v) is 6.94. The van der Waals surface area contributed by atoms with E-state index in [0.717, 1.165) is 11.2 Å². The molecule has 1 saturated carbocycles. The van der Waals surface area contributed by atoms with Crippen LogP contribution in [0.1, 0.15) is 51.0 Å². The Bertz CT molecular complexity index is 524. The molecule has 0 unspecified atom stereocenters. The van der Waals surface area contributed by atoms with Crippen LogP contribution in [0.4, 0.5) is 5.95 Å². The number of hydrogen-bond acceptors (Lipinski definition) is 3. The van der Waals surface area contributed by atoms with Gasteiger partial charge in [-0.2, -0.15) is 0 Å². The van der Waals surface area contributed by atoms with Crippen LogP contribution < -0.4 is 5.73 Å². The van der Waals surface area contributed by atoms with Crippen molar-refractivity contribution in [3.05, 3.63) is 18.3 Å². The van der Waals surface area contributed by atoms with Crippen LogP contribution in [0.2, 0.25) is 0 Å². The molecule has 2 N–H and O–H groups in total. The number of imidazole rings is 1. The minimum Gasteiger partial charge on any atom is -0.369 e. The summed E-state index contributed by atoms with van der Waals surface area (Å²) in [6, 6.07) is 4.38. The molecule has 3 rings (SSSR count). The molecular weight excluding hydrogens is 224 g/mol. The van der Waals surface area contributed by atoms with Crippen molar-refractivity contribution in [1.29, 1.82) is 0 Å². The van der Waals surface area contributed by atoms with E-state index < -0.39 is 0 Å². The number of nitrogens with zero attached hydrogens (tertiary/aromatic N) is 3. The lowest BCUT2D eigenvalue weighted by Crippen LogP contribution is -2.14. The van der Waals surface area contributed by atoms with E-state index >= 15 is 0 Å². The van der Waals surface area contributed by atoms with Crippen molar-refractivity contribution in [2.45, 2.75) is 51.0 Å². The number of pyridine rings is 1. The zero-order valence-electron chi connectivity index (χ0n) is 10.7. The van der Waals surface area contributed by atoms with Crippen molar-refractivity contribution < 1.29 is 0 Å². The summed E-state index contributed by atoms with van der Waals surface area (Å²) < 4.78 is 2.15. The Morgan fingerprint density at radius 3 is 2.61 bits per heavy atom. The molecule has 0 radical (unpaired) electrons. The van der Waals surface area contributed by atoms with Crippen LogP contribution in [0.25, 0.3) is 11.2 Å². The molecular formula is C14H20N4. The van der Waals surface area contributed by atoms with Crippen LogP contribution in [0.15, 0.2) is 18.3 Å². The van der Waals surface area contributed by atoms with E-state index in [-0.39, 0.29) is 0 Å². The normalized spacial score (nSPS) is 18.7. The van der Waals surface area contributed by atoms with Crippen molar-refractivity contribution in [1.82, 2.24) is 14.5 Å². The third-order valence-electron chi connectivity index (χ3n) is 3.92. The zero-order valence-corrected chi connectivity index (χ0v) is 10.7. The minimum atomic E-state index is 0.477. The Labute approximate surface area is 107 Å². The van der Waals surface area contributed by atoms with Crippen molar-refractivity contribution >= 4 is 17.1 Å². The maximum absolute atomic E-state index is 6.09. The predicted molar refractivity (Wildman–Crippen MR) is 73.3 cm³/mol. The van der Waals surface area contributed by atoms with Crippen LogP contribution in [0.3, 0.4) is 0 Å². The molecule has 0 aliphatic heterocycles. The number of nitrogens with two attached hydrogens (primary N) is 1. The second-order valence-corrected chi connectivity index (χ2v) is 5.19. The lowest BCUT2D eigenvalue weighted by Gasteiger charge is -2.22. The molecule has 1 fully saturated rings. The lowest BCUT2D eigenvalue weighted by molar-refractivity contribution is 0.380. The molecule has 0 saturated heterocycles. The second kappa shape index (κ2) is 4.96. The first-order chi connectivity index (χ1) is 8.86. The standard InChI is InChI=1S/C14H20N4/c15-14-17-12-9-6-10-16-13(12)18(14)11-7-4-2-1-3-5-8-11/h6,9-11H,1-5,7-8H2,(H2,15,17). The summed E-state index contributed by atoms with van der Waals surface area (Å²) in [6.45, 7) is 0. The fraction of sp³-hybridized carbons (Fsp3) is 0.571. The van der Waals surface area contributed by atoms with Gasteiger partial charge in [-0.05, 0) is 25.0 Å². The number of rotatable bonds is 1. The highest BCUT2D eigenvalue weighted by atomic mass is 15.2. The zero-order chi connectivity index (χ0) is 12.4. The summed E-state index contributed by atoms with van der Waals surface area (Å²) in [4.78, 5) is 8.87. The van der Waals surface area contributed by atoms with Gasteiger partial charge in [0.1, 0.15) is 5.52 Å². The molecule has 2 aromatic heterocycles. The van der Waals surface area contributed by atoms with E-state index in [2.05, 4.69) is 14.5 Å². The SMILES string of the molecule is Nc1nc2cccnc2n1C1CCCCCCC1. The molecule has 2 aromatic rings. The first-order valence-electron chi connectivity index (χ1n) is 6.94. The van der Waals surface area contributed by atoms with Gasteiger partial charge in [-0.25, -0.2) is 9.97 Å². The Balaban J connectivity index is 1.98. The molecule has 0 aromatic carbocycles. The van der Waals surface area contributed by atoms with Gasteiger partial charge in [-0.1, -0.05) is 32.1 Å². The third-order valence-corrected chi connectivity index (χ3v) is 3.92.